The Morgan fingerprint density at radius 3 is 2.59 bits per heavy atom. The van der Waals surface area contributed by atoms with Crippen molar-refractivity contribution in [2.75, 3.05) is 39.5 Å². The molecule has 1 amide bonds. The molecule has 0 N–H and O–H groups in total. The van der Waals surface area contributed by atoms with Crippen LogP contribution in [0.3, 0.4) is 0 Å². The number of aromatic nitrogens is 2. The van der Waals surface area contributed by atoms with Crippen LogP contribution in [0.4, 0.5) is 0 Å². The summed E-state index contributed by atoms with van der Waals surface area (Å²) < 4.78 is 7.59. The third-order valence-electron chi connectivity index (χ3n) is 5.54. The molecule has 1 aliphatic heterocycles. The maximum Gasteiger partial charge on any atom is 0.348 e. The number of ether oxygens (including phenoxy) is 1. The van der Waals surface area contributed by atoms with Gasteiger partial charge >= 0.3 is 5.69 Å². The zero-order valence-electron chi connectivity index (χ0n) is 18.1. The largest absolute Gasteiger partial charge is 0.372 e. The Labute approximate surface area is 177 Å². The second-order valence-corrected chi connectivity index (χ2v) is 9.45. The molecule has 1 aromatic heterocycles. The molecule has 0 radical (unpaired) electrons. The number of hydrogen-bond acceptors (Lipinski definition) is 6. The Bertz CT molecular complexity index is 770. The van der Waals surface area contributed by atoms with Crippen molar-refractivity contribution < 1.29 is 9.53 Å². The van der Waals surface area contributed by atoms with E-state index in [0.717, 1.165) is 49.4 Å². The summed E-state index contributed by atoms with van der Waals surface area (Å²) >= 11 is 1.43. The van der Waals surface area contributed by atoms with Gasteiger partial charge in [0.2, 0.25) is 5.91 Å². The van der Waals surface area contributed by atoms with Crippen LogP contribution >= 0.6 is 11.8 Å². The van der Waals surface area contributed by atoms with E-state index in [1.165, 1.54) is 17.3 Å². The van der Waals surface area contributed by atoms with Crippen molar-refractivity contribution in [3.8, 4) is 0 Å². The minimum atomic E-state index is -0.173. The van der Waals surface area contributed by atoms with Crippen LogP contribution in [0.5, 0.6) is 0 Å². The molecule has 2 heterocycles. The summed E-state index contributed by atoms with van der Waals surface area (Å²) in [7, 11) is 4.09. The van der Waals surface area contributed by atoms with Crippen molar-refractivity contribution in [1.82, 2.24) is 19.4 Å². The fraction of sp³-hybridized carbons (Fsp3) is 0.762. The highest BCUT2D eigenvalue weighted by Crippen LogP contribution is 2.29. The molecule has 1 aromatic rings. The van der Waals surface area contributed by atoms with Gasteiger partial charge in [0.25, 0.3) is 0 Å². The topological polar surface area (TPSA) is 67.7 Å². The molecule has 2 atom stereocenters. The van der Waals surface area contributed by atoms with E-state index in [9.17, 15) is 9.59 Å². The number of nitrogens with zero attached hydrogens (tertiary/aromatic N) is 4. The number of carbonyl (C=O) groups is 1. The van der Waals surface area contributed by atoms with E-state index in [4.69, 9.17) is 4.74 Å². The molecule has 2 unspecified atom stereocenters. The molecule has 29 heavy (non-hydrogen) atoms. The number of carbonyl (C=O) groups excluding carboxylic acids is 1. The molecule has 0 bridgehead atoms. The fourth-order valence-corrected chi connectivity index (χ4v) is 5.23. The predicted octanol–water partition coefficient (Wildman–Crippen LogP) is 1.80. The lowest BCUT2D eigenvalue weighted by Gasteiger charge is -2.35. The van der Waals surface area contributed by atoms with Crippen LogP contribution in [-0.4, -0.2) is 76.9 Å². The van der Waals surface area contributed by atoms with Crippen LogP contribution in [0.15, 0.2) is 9.82 Å². The van der Waals surface area contributed by atoms with Gasteiger partial charge in [0, 0.05) is 30.9 Å². The van der Waals surface area contributed by atoms with E-state index in [0.29, 0.717) is 25.4 Å². The maximum atomic E-state index is 12.7. The molecule has 3 rings (SSSR count). The summed E-state index contributed by atoms with van der Waals surface area (Å²) in [5.41, 5.74) is 2.15. The molecule has 2 aliphatic rings. The number of hydrogen-bond donors (Lipinski definition) is 0. The smallest absolute Gasteiger partial charge is 0.348 e. The lowest BCUT2D eigenvalue weighted by molar-refractivity contribution is -0.140. The molecule has 8 heteroatoms. The van der Waals surface area contributed by atoms with Crippen molar-refractivity contribution >= 4 is 17.7 Å². The Morgan fingerprint density at radius 2 is 1.90 bits per heavy atom. The Balaban J connectivity index is 1.71. The van der Waals surface area contributed by atoms with Crippen LogP contribution in [0, 0.1) is 0 Å². The first-order valence-corrected chi connectivity index (χ1v) is 11.7. The first kappa shape index (κ1) is 22.3. The molecular weight excluding hydrogens is 388 g/mol. The molecule has 0 aromatic carbocycles. The SMILES string of the molecule is CC1CN(C(=O)CSc2nc(=O)n(CCCN(C)C)c3c2CCCC3)CC(C)O1. The summed E-state index contributed by atoms with van der Waals surface area (Å²) in [6.45, 7) is 6.90. The average molecular weight is 423 g/mol. The summed E-state index contributed by atoms with van der Waals surface area (Å²) in [5.74, 6) is 0.418. The zero-order chi connectivity index (χ0) is 21.0. The van der Waals surface area contributed by atoms with Gasteiger partial charge in [-0.2, -0.15) is 4.98 Å². The molecule has 1 aliphatic carbocycles. The second-order valence-electron chi connectivity index (χ2n) is 8.49. The van der Waals surface area contributed by atoms with Crippen molar-refractivity contribution in [1.29, 1.82) is 0 Å². The third kappa shape index (κ3) is 5.83. The van der Waals surface area contributed by atoms with Gasteiger partial charge in [-0.25, -0.2) is 4.79 Å². The van der Waals surface area contributed by atoms with E-state index < -0.39 is 0 Å². The summed E-state index contributed by atoms with van der Waals surface area (Å²) in [4.78, 5) is 33.9. The van der Waals surface area contributed by atoms with Crippen molar-refractivity contribution in [2.24, 2.45) is 0 Å². The number of thioether (sulfide) groups is 1. The molecule has 7 nitrogen and oxygen atoms in total. The Kier molecular flexibility index (Phi) is 7.76. The third-order valence-corrected chi connectivity index (χ3v) is 6.54. The molecular formula is C21H34N4O3S. The van der Waals surface area contributed by atoms with E-state index in [-0.39, 0.29) is 23.8 Å². The minimum Gasteiger partial charge on any atom is -0.372 e. The maximum absolute atomic E-state index is 12.7. The highest BCUT2D eigenvalue weighted by molar-refractivity contribution is 7.99. The zero-order valence-corrected chi connectivity index (χ0v) is 19.0. The standard InChI is InChI=1S/C21H34N4O3S/c1-15-12-24(13-16(2)28-15)19(26)14-29-20-17-8-5-6-9-18(17)25(21(27)22-20)11-7-10-23(3)4/h15-16H,5-14H2,1-4H3. The number of amides is 1. The average Bonchev–Trinajstić information content (AvgIpc) is 2.67. The highest BCUT2D eigenvalue weighted by atomic mass is 32.2. The normalized spacial score (nSPS) is 22.0. The fourth-order valence-electron chi connectivity index (χ4n) is 4.25. The second kappa shape index (κ2) is 10.1. The van der Waals surface area contributed by atoms with Gasteiger partial charge in [-0.15, -0.1) is 0 Å². The molecule has 0 spiro atoms. The van der Waals surface area contributed by atoms with Crippen LogP contribution in [0.25, 0.3) is 0 Å². The molecule has 1 fully saturated rings. The monoisotopic (exact) mass is 422 g/mol. The Morgan fingerprint density at radius 1 is 1.21 bits per heavy atom. The Hall–Kier alpha value is -1.38. The lowest BCUT2D eigenvalue weighted by atomic mass is 9.97. The van der Waals surface area contributed by atoms with E-state index in [1.807, 2.05) is 37.4 Å². The van der Waals surface area contributed by atoms with Gasteiger partial charge in [0.15, 0.2) is 0 Å². The first-order chi connectivity index (χ1) is 13.8. The predicted molar refractivity (Wildman–Crippen MR) is 116 cm³/mol. The van der Waals surface area contributed by atoms with Crippen LogP contribution in [-0.2, 0) is 28.9 Å². The van der Waals surface area contributed by atoms with E-state index in [1.54, 1.807) is 0 Å². The number of fused-ring (bicyclic) bond motifs is 1. The van der Waals surface area contributed by atoms with Crippen LogP contribution in [0.1, 0.15) is 44.4 Å². The van der Waals surface area contributed by atoms with Gasteiger partial charge in [-0.1, -0.05) is 11.8 Å². The molecule has 0 saturated carbocycles. The van der Waals surface area contributed by atoms with Gasteiger partial charge in [0.1, 0.15) is 5.03 Å². The van der Waals surface area contributed by atoms with Gasteiger partial charge in [-0.3, -0.25) is 9.36 Å². The molecule has 162 valence electrons. The van der Waals surface area contributed by atoms with Crippen LogP contribution in [0.2, 0.25) is 0 Å². The van der Waals surface area contributed by atoms with Gasteiger partial charge < -0.3 is 14.5 Å². The number of morpholine rings is 1. The summed E-state index contributed by atoms with van der Waals surface area (Å²) in [6.07, 6.45) is 5.14. The van der Waals surface area contributed by atoms with Crippen molar-refractivity contribution in [2.45, 2.75) is 69.7 Å². The first-order valence-electron chi connectivity index (χ1n) is 10.7. The molecule has 1 saturated heterocycles. The van der Waals surface area contributed by atoms with E-state index in [2.05, 4.69) is 9.88 Å². The highest BCUT2D eigenvalue weighted by Gasteiger charge is 2.27. The van der Waals surface area contributed by atoms with E-state index >= 15 is 0 Å². The van der Waals surface area contributed by atoms with Gasteiger partial charge in [-0.05, 0) is 66.6 Å². The van der Waals surface area contributed by atoms with Crippen molar-refractivity contribution in [3.05, 3.63) is 21.7 Å². The van der Waals surface area contributed by atoms with Gasteiger partial charge in [0.05, 0.1) is 18.0 Å². The number of rotatable bonds is 7. The summed E-state index contributed by atoms with van der Waals surface area (Å²) in [6, 6.07) is 0. The lowest BCUT2D eigenvalue weighted by Crippen LogP contribution is -2.48. The van der Waals surface area contributed by atoms with Crippen molar-refractivity contribution in [3.63, 3.8) is 0 Å². The summed E-state index contributed by atoms with van der Waals surface area (Å²) in [5, 5.41) is 0.760. The quantitative estimate of drug-likeness (QED) is 0.493. The minimum absolute atomic E-state index is 0.0599. The van der Waals surface area contributed by atoms with Crippen LogP contribution < -0.4 is 5.69 Å².